The van der Waals surface area contributed by atoms with Gasteiger partial charge in [-0.2, -0.15) is 0 Å². The Balaban J connectivity index is 1.73. The predicted octanol–water partition coefficient (Wildman–Crippen LogP) is 14.2. The highest BCUT2D eigenvalue weighted by Crippen LogP contribution is 2.48. The third-order valence-corrected chi connectivity index (χ3v) is 9.78. The van der Waals surface area contributed by atoms with E-state index in [4.69, 9.17) is 11.6 Å². The van der Waals surface area contributed by atoms with Gasteiger partial charge >= 0.3 is 0 Å². The molecule has 0 aromatic heterocycles. The first kappa shape index (κ1) is 34.8. The zero-order chi connectivity index (χ0) is 34.3. The lowest BCUT2D eigenvalue weighted by atomic mass is 9.86. The van der Waals surface area contributed by atoms with Gasteiger partial charge in [-0.3, -0.25) is 0 Å². The molecule has 0 N–H and O–H groups in total. The molecule has 2 nitrogen and oxygen atoms in total. The molecule has 0 aliphatic heterocycles. The molecule has 4 heteroatoms. The summed E-state index contributed by atoms with van der Waals surface area (Å²) in [5.74, 6) is 0. The molecule has 244 valence electrons. The smallest absolute Gasteiger partial charge is 0.0657 e. The standard InChI is InChI=1S/C43H48BrClN2/c1-29-27-38(46(34-19-11-30(12-20-34)41(2,3)4)35-21-13-31(14-22-35)42(5,6)7)40(44)39(28-29)47(37-25-17-33(45)18-26-37)36-23-15-32(16-24-36)43(8,9)10/h11-28H,1-10H3. The van der Waals surface area contributed by atoms with Crippen LogP contribution in [0, 0.1) is 6.92 Å². The highest BCUT2D eigenvalue weighted by molar-refractivity contribution is 9.10. The number of hydrogen-bond donors (Lipinski definition) is 0. The molecule has 0 bridgehead atoms. The zero-order valence-electron chi connectivity index (χ0n) is 29.5. The molecule has 5 aromatic carbocycles. The fraction of sp³-hybridized carbons (Fsp3) is 0.302. The topological polar surface area (TPSA) is 6.48 Å². The minimum atomic E-state index is 0.0618. The van der Waals surface area contributed by atoms with Gasteiger partial charge in [-0.25, -0.2) is 0 Å². The molecule has 0 aliphatic rings. The van der Waals surface area contributed by atoms with Gasteiger partial charge in [0.2, 0.25) is 0 Å². The quantitative estimate of drug-likeness (QED) is 0.173. The summed E-state index contributed by atoms with van der Waals surface area (Å²) in [7, 11) is 0. The summed E-state index contributed by atoms with van der Waals surface area (Å²) >= 11 is 10.5. The van der Waals surface area contributed by atoms with Crippen LogP contribution in [0.3, 0.4) is 0 Å². The molecule has 0 spiro atoms. The molecular formula is C43H48BrClN2. The van der Waals surface area contributed by atoms with Crippen molar-refractivity contribution in [3.8, 4) is 0 Å². The van der Waals surface area contributed by atoms with Gasteiger partial charge in [-0.05, 0) is 134 Å². The van der Waals surface area contributed by atoms with E-state index in [1.54, 1.807) is 0 Å². The molecule has 0 heterocycles. The Morgan fingerprint density at radius 3 is 0.957 bits per heavy atom. The number of benzene rings is 5. The monoisotopic (exact) mass is 706 g/mol. The van der Waals surface area contributed by atoms with E-state index >= 15 is 0 Å². The van der Waals surface area contributed by atoms with Crippen molar-refractivity contribution in [1.29, 1.82) is 0 Å². The Labute approximate surface area is 296 Å². The maximum atomic E-state index is 6.38. The molecule has 47 heavy (non-hydrogen) atoms. The second-order valence-corrected chi connectivity index (χ2v) is 16.9. The highest BCUT2D eigenvalue weighted by Gasteiger charge is 2.25. The van der Waals surface area contributed by atoms with Gasteiger partial charge in [-0.15, -0.1) is 0 Å². The minimum absolute atomic E-state index is 0.0618. The van der Waals surface area contributed by atoms with Crippen LogP contribution in [-0.4, -0.2) is 0 Å². The number of nitrogens with zero attached hydrogens (tertiary/aromatic N) is 2. The van der Waals surface area contributed by atoms with E-state index in [-0.39, 0.29) is 16.2 Å². The molecule has 5 rings (SSSR count). The summed E-state index contributed by atoms with van der Waals surface area (Å²) in [5.41, 5.74) is 11.7. The van der Waals surface area contributed by atoms with Crippen molar-refractivity contribution in [1.82, 2.24) is 0 Å². The lowest BCUT2D eigenvalue weighted by Gasteiger charge is -2.32. The third kappa shape index (κ3) is 7.79. The van der Waals surface area contributed by atoms with E-state index in [1.165, 1.54) is 16.7 Å². The second-order valence-electron chi connectivity index (χ2n) is 15.7. The summed E-state index contributed by atoms with van der Waals surface area (Å²) in [6.45, 7) is 22.5. The van der Waals surface area contributed by atoms with Crippen LogP contribution in [0.15, 0.2) is 114 Å². The van der Waals surface area contributed by atoms with Gasteiger partial charge in [0, 0.05) is 27.8 Å². The second kappa shape index (κ2) is 13.2. The molecule has 0 unspecified atom stereocenters. The van der Waals surface area contributed by atoms with Crippen LogP contribution in [0.4, 0.5) is 34.1 Å². The van der Waals surface area contributed by atoms with E-state index < -0.39 is 0 Å². The van der Waals surface area contributed by atoms with Crippen molar-refractivity contribution in [3.05, 3.63) is 141 Å². The van der Waals surface area contributed by atoms with Gasteiger partial charge in [0.25, 0.3) is 0 Å². The largest absolute Gasteiger partial charge is 0.309 e. The summed E-state index contributed by atoms with van der Waals surface area (Å²) in [6, 6.07) is 39.5. The first-order chi connectivity index (χ1) is 21.9. The number of rotatable bonds is 6. The fourth-order valence-corrected chi connectivity index (χ4v) is 6.54. The SMILES string of the molecule is Cc1cc(N(c2ccc(Cl)cc2)c2ccc(C(C)(C)C)cc2)c(Br)c(N(c2ccc(C(C)(C)C)cc2)c2ccc(C(C)(C)C)cc2)c1. The van der Waals surface area contributed by atoms with Crippen molar-refractivity contribution in [2.45, 2.75) is 85.5 Å². The van der Waals surface area contributed by atoms with E-state index in [9.17, 15) is 0 Å². The van der Waals surface area contributed by atoms with Crippen LogP contribution in [0.25, 0.3) is 0 Å². The number of hydrogen-bond acceptors (Lipinski definition) is 2. The van der Waals surface area contributed by atoms with Crippen LogP contribution in [0.1, 0.15) is 84.6 Å². The molecule has 0 radical (unpaired) electrons. The highest BCUT2D eigenvalue weighted by atomic mass is 79.9. The summed E-state index contributed by atoms with van der Waals surface area (Å²) in [5, 5.41) is 0.712. The zero-order valence-corrected chi connectivity index (χ0v) is 31.9. The Kier molecular flexibility index (Phi) is 9.75. The van der Waals surface area contributed by atoms with Crippen LogP contribution in [0.2, 0.25) is 5.02 Å². The molecule has 0 fully saturated rings. The summed E-state index contributed by atoms with van der Waals surface area (Å²) < 4.78 is 0.998. The van der Waals surface area contributed by atoms with E-state index in [0.29, 0.717) is 5.02 Å². The average molecular weight is 708 g/mol. The van der Waals surface area contributed by atoms with Crippen LogP contribution in [-0.2, 0) is 16.2 Å². The van der Waals surface area contributed by atoms with Crippen molar-refractivity contribution < 1.29 is 0 Å². The van der Waals surface area contributed by atoms with Gasteiger partial charge in [0.1, 0.15) is 0 Å². The van der Waals surface area contributed by atoms with Crippen molar-refractivity contribution in [2.75, 3.05) is 9.80 Å². The van der Waals surface area contributed by atoms with Crippen molar-refractivity contribution in [2.24, 2.45) is 0 Å². The number of aryl methyl sites for hydroxylation is 1. The van der Waals surface area contributed by atoms with Gasteiger partial charge in [0.05, 0.1) is 15.8 Å². The summed E-state index contributed by atoms with van der Waals surface area (Å²) in [6.07, 6.45) is 0. The van der Waals surface area contributed by atoms with Crippen LogP contribution in [0.5, 0.6) is 0 Å². The van der Waals surface area contributed by atoms with Crippen molar-refractivity contribution in [3.63, 3.8) is 0 Å². The summed E-state index contributed by atoms with van der Waals surface area (Å²) in [4.78, 5) is 4.68. The third-order valence-electron chi connectivity index (χ3n) is 8.72. The molecule has 0 saturated carbocycles. The molecule has 0 atom stereocenters. The molecule has 5 aromatic rings. The van der Waals surface area contributed by atoms with Gasteiger partial charge in [-0.1, -0.05) is 110 Å². The van der Waals surface area contributed by atoms with E-state index in [0.717, 1.165) is 44.2 Å². The Hall–Kier alpha value is -3.53. The van der Waals surface area contributed by atoms with Gasteiger partial charge < -0.3 is 9.80 Å². The maximum absolute atomic E-state index is 6.38. The van der Waals surface area contributed by atoms with Crippen molar-refractivity contribution >= 4 is 61.7 Å². The average Bonchev–Trinajstić information content (AvgIpc) is 3.00. The lowest BCUT2D eigenvalue weighted by molar-refractivity contribution is 0.590. The number of anilines is 6. The fourth-order valence-electron chi connectivity index (χ4n) is 5.83. The number of halogens is 2. The first-order valence-electron chi connectivity index (χ1n) is 16.4. The van der Waals surface area contributed by atoms with E-state index in [2.05, 4.69) is 192 Å². The molecular weight excluding hydrogens is 660 g/mol. The van der Waals surface area contributed by atoms with Crippen LogP contribution < -0.4 is 9.80 Å². The maximum Gasteiger partial charge on any atom is 0.0657 e. The van der Waals surface area contributed by atoms with Crippen LogP contribution >= 0.6 is 27.5 Å². The molecule has 0 saturated heterocycles. The molecule has 0 amide bonds. The lowest BCUT2D eigenvalue weighted by Crippen LogP contribution is -2.17. The Bertz CT molecular complexity index is 1760. The normalized spacial score (nSPS) is 12.3. The first-order valence-corrected chi connectivity index (χ1v) is 17.6. The van der Waals surface area contributed by atoms with Gasteiger partial charge in [0.15, 0.2) is 0 Å². The Morgan fingerprint density at radius 1 is 0.447 bits per heavy atom. The van der Waals surface area contributed by atoms with E-state index in [1.807, 2.05) is 12.1 Å². The predicted molar refractivity (Wildman–Crippen MR) is 209 cm³/mol. The molecule has 0 aliphatic carbocycles. The minimum Gasteiger partial charge on any atom is -0.309 e. The Morgan fingerprint density at radius 2 is 0.702 bits per heavy atom.